The molecule has 3 saturated carbocycles. The maximum absolute atomic E-state index is 14.3. The van der Waals surface area contributed by atoms with Crippen LogP contribution in [0.15, 0.2) is 24.3 Å². The number of Topliss-reactive ketones (excluding diaryl/α,β-unsaturated/α-hetero) is 2. The molecule has 1 heterocycles. The molecule has 1 aromatic carbocycles. The van der Waals surface area contributed by atoms with Crippen LogP contribution in [0.4, 0.5) is 0 Å². The van der Waals surface area contributed by atoms with E-state index in [9.17, 15) is 34.8 Å². The lowest BCUT2D eigenvalue weighted by atomic mass is 9.39. The van der Waals surface area contributed by atoms with Gasteiger partial charge in [0.05, 0.1) is 17.6 Å². The molecule has 2 unspecified atom stereocenters. The number of primary amides is 1. The monoisotopic (exact) mass is 592 g/mol. The van der Waals surface area contributed by atoms with E-state index in [-0.39, 0.29) is 30.1 Å². The third-order valence-corrected chi connectivity index (χ3v) is 11.7. The fourth-order valence-corrected chi connectivity index (χ4v) is 10.0. The first-order valence-electron chi connectivity index (χ1n) is 15.6. The van der Waals surface area contributed by atoms with Crippen LogP contribution >= 0.6 is 0 Å². The van der Waals surface area contributed by atoms with Crippen molar-refractivity contribution in [2.24, 2.45) is 46.2 Å². The number of phenols is 1. The number of hydrogen-bond acceptors (Lipinski definition) is 7. The summed E-state index contributed by atoms with van der Waals surface area (Å²) in [5, 5.41) is 46.5. The molecule has 0 saturated heterocycles. The molecule has 0 bridgehead atoms. The van der Waals surface area contributed by atoms with Crippen LogP contribution in [0, 0.1) is 40.4 Å². The Bertz CT molecular complexity index is 1490. The molecule has 43 heavy (non-hydrogen) atoms. The highest BCUT2D eigenvalue weighted by Crippen LogP contribution is 2.66. The van der Waals surface area contributed by atoms with Gasteiger partial charge in [-0.15, -0.1) is 0 Å². The van der Waals surface area contributed by atoms with E-state index in [1.165, 1.54) is 31.7 Å². The van der Waals surface area contributed by atoms with Gasteiger partial charge in [0.15, 0.2) is 17.2 Å². The third kappa shape index (κ3) is 4.11. The lowest BCUT2D eigenvalue weighted by Gasteiger charge is -2.66. The minimum atomic E-state index is -2.51. The van der Waals surface area contributed by atoms with E-state index < -0.39 is 63.9 Å². The van der Waals surface area contributed by atoms with Gasteiger partial charge in [-0.25, -0.2) is 0 Å². The predicted octanol–water partition coefficient (Wildman–Crippen LogP) is 3.30. The Morgan fingerprint density at radius 2 is 1.77 bits per heavy atom. The van der Waals surface area contributed by atoms with Crippen LogP contribution in [0.5, 0.6) is 5.75 Å². The van der Waals surface area contributed by atoms with E-state index in [4.69, 9.17) is 5.73 Å². The third-order valence-electron chi connectivity index (χ3n) is 11.7. The van der Waals surface area contributed by atoms with Crippen molar-refractivity contribution in [1.29, 1.82) is 0 Å². The van der Waals surface area contributed by atoms with E-state index >= 15 is 0 Å². The molecule has 6 rings (SSSR count). The molecule has 1 aromatic heterocycles. The highest BCUT2D eigenvalue weighted by Gasteiger charge is 2.75. The van der Waals surface area contributed by atoms with Crippen molar-refractivity contribution in [1.82, 2.24) is 4.98 Å². The van der Waals surface area contributed by atoms with Gasteiger partial charge in [-0.2, -0.15) is 0 Å². The van der Waals surface area contributed by atoms with Crippen LogP contribution in [0.2, 0.25) is 0 Å². The quantitative estimate of drug-likeness (QED) is 0.289. The van der Waals surface area contributed by atoms with Crippen molar-refractivity contribution in [3.63, 3.8) is 0 Å². The van der Waals surface area contributed by atoms with E-state index in [2.05, 4.69) is 11.1 Å². The molecule has 2 aromatic rings. The number of aromatic amines is 1. The number of rotatable bonds is 5. The van der Waals surface area contributed by atoms with Gasteiger partial charge in [0.25, 0.3) is 0 Å². The summed E-state index contributed by atoms with van der Waals surface area (Å²) in [5.41, 5.74) is 4.18. The van der Waals surface area contributed by atoms with Crippen molar-refractivity contribution in [3.8, 4) is 17.0 Å². The van der Waals surface area contributed by atoms with Gasteiger partial charge in [0.1, 0.15) is 17.8 Å². The molecule has 0 aliphatic heterocycles. The van der Waals surface area contributed by atoms with E-state index in [0.29, 0.717) is 11.5 Å². The molecule has 4 aliphatic rings. The van der Waals surface area contributed by atoms with E-state index in [1.54, 1.807) is 13.0 Å². The van der Waals surface area contributed by atoms with Gasteiger partial charge in [0.2, 0.25) is 5.91 Å². The Labute approximate surface area is 251 Å². The van der Waals surface area contributed by atoms with E-state index in [1.807, 2.05) is 26.8 Å². The van der Waals surface area contributed by atoms with Crippen molar-refractivity contribution in [2.45, 2.75) is 90.4 Å². The predicted molar refractivity (Wildman–Crippen MR) is 159 cm³/mol. The summed E-state index contributed by atoms with van der Waals surface area (Å²) in [6.07, 6.45) is 2.99. The SMILES string of the molecule is CC(C)[C@H]1C(O)[C@@H](C(N)=O)C(=O)[C@]2(O)C(O)[C@H]3C(=O)c4c(O)ccc(-c5ccc(CC6CCCC6)[nH]5)c4C[C@]3(C)C[C@]12C. The number of amides is 1. The van der Waals surface area contributed by atoms with Crippen molar-refractivity contribution in [3.05, 3.63) is 41.1 Å². The summed E-state index contributed by atoms with van der Waals surface area (Å²) in [7, 11) is 0. The van der Waals surface area contributed by atoms with Crippen LogP contribution in [0.3, 0.4) is 0 Å². The van der Waals surface area contributed by atoms with Crippen LogP contribution < -0.4 is 5.73 Å². The number of aliphatic hydroxyl groups is 3. The smallest absolute Gasteiger partial charge is 0.230 e. The second-order valence-corrected chi connectivity index (χ2v) is 14.7. The lowest BCUT2D eigenvalue weighted by Crippen LogP contribution is -2.79. The van der Waals surface area contributed by atoms with Crippen LogP contribution in [-0.4, -0.2) is 60.7 Å². The minimum absolute atomic E-state index is 0.0772. The van der Waals surface area contributed by atoms with Gasteiger partial charge in [0, 0.05) is 22.4 Å². The first-order valence-corrected chi connectivity index (χ1v) is 15.6. The normalized spacial score (nSPS) is 37.7. The maximum atomic E-state index is 14.3. The fraction of sp³-hybridized carbons (Fsp3) is 0.618. The number of benzene rings is 1. The number of H-pyrrole nitrogens is 1. The first kappa shape index (κ1) is 30.0. The fourth-order valence-electron chi connectivity index (χ4n) is 10.0. The number of hydrogen-bond donors (Lipinski definition) is 6. The van der Waals surface area contributed by atoms with E-state index in [0.717, 1.165) is 23.4 Å². The maximum Gasteiger partial charge on any atom is 0.230 e. The number of carbonyl (C=O) groups is 3. The molecule has 9 heteroatoms. The minimum Gasteiger partial charge on any atom is -0.507 e. The van der Waals surface area contributed by atoms with Gasteiger partial charge in [-0.3, -0.25) is 14.4 Å². The average Bonchev–Trinajstić information content (AvgIpc) is 3.58. The molecule has 1 amide bonds. The summed E-state index contributed by atoms with van der Waals surface area (Å²) in [5.74, 6) is -6.29. The van der Waals surface area contributed by atoms with Crippen molar-refractivity contribution < 1.29 is 34.8 Å². The Hall–Kier alpha value is -3.01. The Morgan fingerprint density at radius 1 is 1.09 bits per heavy atom. The van der Waals surface area contributed by atoms with Gasteiger partial charge in [-0.05, 0) is 72.3 Å². The highest BCUT2D eigenvalue weighted by molar-refractivity contribution is 6.09. The van der Waals surface area contributed by atoms with Crippen LogP contribution in [0.1, 0.15) is 81.4 Å². The highest BCUT2D eigenvalue weighted by atomic mass is 16.4. The van der Waals surface area contributed by atoms with Crippen LogP contribution in [0.25, 0.3) is 11.3 Å². The molecule has 0 spiro atoms. The molecule has 8 atom stereocenters. The van der Waals surface area contributed by atoms with Gasteiger partial charge in [-0.1, -0.05) is 53.4 Å². The first-order chi connectivity index (χ1) is 20.2. The molecular formula is C34H44N2O7. The number of nitrogens with one attached hydrogen (secondary N) is 1. The number of nitrogens with two attached hydrogens (primary N) is 1. The lowest BCUT2D eigenvalue weighted by molar-refractivity contribution is -0.265. The topological polar surface area (TPSA) is 174 Å². The summed E-state index contributed by atoms with van der Waals surface area (Å²) in [6.45, 7) is 7.21. The molecule has 0 radical (unpaired) electrons. The summed E-state index contributed by atoms with van der Waals surface area (Å²) < 4.78 is 0. The number of carbonyl (C=O) groups excluding carboxylic acids is 3. The second kappa shape index (κ2) is 10.0. The largest absolute Gasteiger partial charge is 0.507 e. The molecule has 232 valence electrons. The molecular weight excluding hydrogens is 548 g/mol. The average molecular weight is 593 g/mol. The molecule has 9 nitrogen and oxygen atoms in total. The standard InChI is InChI=1S/C34H44N2O7/c1-16(2)25-28(39)24(31(35)42)29(40)34(43)30(41)26-27(38)23-20(14-32(26,3)15-33(25,34)4)19(10-12-22(23)37)21-11-9-18(36-21)13-17-7-5-6-8-17/h9-12,16-17,24-26,28,30,36-37,39,41,43H,5-8,13-15H2,1-4H3,(H2,35,42)/t24-,25+,26-,28?,30?,32-,33-,34+/m1/s1. The second-order valence-electron chi connectivity index (χ2n) is 14.7. The van der Waals surface area contributed by atoms with Crippen molar-refractivity contribution in [2.75, 3.05) is 0 Å². The van der Waals surface area contributed by atoms with Crippen LogP contribution in [-0.2, 0) is 22.4 Å². The molecule has 3 fully saturated rings. The van der Waals surface area contributed by atoms with Gasteiger partial charge < -0.3 is 31.1 Å². The number of phenolic OH excluding ortho intramolecular Hbond substituents is 1. The number of aromatic hydroxyl groups is 1. The number of fused-ring (bicyclic) bond motifs is 3. The molecule has 4 aliphatic carbocycles. The summed E-state index contributed by atoms with van der Waals surface area (Å²) in [6, 6.07) is 7.35. The summed E-state index contributed by atoms with van der Waals surface area (Å²) >= 11 is 0. The summed E-state index contributed by atoms with van der Waals surface area (Å²) in [4.78, 5) is 44.1. The Morgan fingerprint density at radius 3 is 2.40 bits per heavy atom. The molecule has 7 N–H and O–H groups in total. The Balaban J connectivity index is 1.46. The number of aromatic nitrogens is 1. The zero-order valence-electron chi connectivity index (χ0n) is 25.4. The van der Waals surface area contributed by atoms with Crippen molar-refractivity contribution >= 4 is 17.5 Å². The Kier molecular flexibility index (Phi) is 6.99. The zero-order chi connectivity index (χ0) is 31.2. The zero-order valence-corrected chi connectivity index (χ0v) is 25.4. The number of aliphatic hydroxyl groups excluding tert-OH is 2. The van der Waals surface area contributed by atoms with Gasteiger partial charge >= 0.3 is 0 Å². The number of ketones is 2.